The molecule has 1 aliphatic heterocycles. The van der Waals surface area contributed by atoms with Crippen LogP contribution in [0.15, 0.2) is 54.6 Å². The summed E-state index contributed by atoms with van der Waals surface area (Å²) in [6, 6.07) is 14.6. The van der Waals surface area contributed by atoms with E-state index >= 15 is 0 Å². The van der Waals surface area contributed by atoms with Gasteiger partial charge in [-0.15, -0.1) is 0 Å². The summed E-state index contributed by atoms with van der Waals surface area (Å²) in [7, 11) is 0. The number of benzene rings is 2. The molecule has 2 aromatic rings. The van der Waals surface area contributed by atoms with Crippen molar-refractivity contribution in [2.45, 2.75) is 25.1 Å². The average Bonchev–Trinajstić information content (AvgIpc) is 3.16. The van der Waals surface area contributed by atoms with Gasteiger partial charge in [-0.1, -0.05) is 42.5 Å². The lowest BCUT2D eigenvalue weighted by Gasteiger charge is -2.28. The Labute approximate surface area is 150 Å². The van der Waals surface area contributed by atoms with Crippen LogP contribution in [0.3, 0.4) is 0 Å². The number of halogens is 3. The lowest BCUT2D eigenvalue weighted by molar-refractivity contribution is -0.137. The number of alkyl halides is 3. The van der Waals surface area contributed by atoms with Crippen molar-refractivity contribution in [2.24, 2.45) is 0 Å². The van der Waals surface area contributed by atoms with E-state index in [4.69, 9.17) is 0 Å². The summed E-state index contributed by atoms with van der Waals surface area (Å²) in [5.41, 5.74) is -0.193. The summed E-state index contributed by atoms with van der Waals surface area (Å²) in [6.45, 7) is 2.12. The van der Waals surface area contributed by atoms with Crippen LogP contribution >= 0.6 is 0 Å². The normalized spacial score (nSPS) is 16.4. The highest BCUT2D eigenvalue weighted by molar-refractivity contribution is 5.95. The molecule has 1 N–H and O–H groups in total. The van der Waals surface area contributed by atoms with Crippen molar-refractivity contribution in [2.75, 3.05) is 19.6 Å². The Hall–Kier alpha value is -2.34. The summed E-state index contributed by atoms with van der Waals surface area (Å²) < 4.78 is 39.4. The largest absolute Gasteiger partial charge is 0.417 e. The summed E-state index contributed by atoms with van der Waals surface area (Å²) in [4.78, 5) is 14.7. The first-order valence-electron chi connectivity index (χ1n) is 8.70. The van der Waals surface area contributed by atoms with Gasteiger partial charge in [-0.05, 0) is 43.6 Å². The Bertz CT molecular complexity index is 740. The van der Waals surface area contributed by atoms with E-state index in [1.54, 1.807) is 0 Å². The highest BCUT2D eigenvalue weighted by Gasteiger charge is 2.35. The monoisotopic (exact) mass is 362 g/mol. The highest BCUT2D eigenvalue weighted by Crippen LogP contribution is 2.32. The second kappa shape index (κ2) is 7.91. The second-order valence-corrected chi connectivity index (χ2v) is 6.42. The lowest BCUT2D eigenvalue weighted by Crippen LogP contribution is -2.37. The number of hydrogen-bond acceptors (Lipinski definition) is 2. The maximum atomic E-state index is 13.1. The maximum Gasteiger partial charge on any atom is 0.417 e. The molecule has 0 saturated carbocycles. The van der Waals surface area contributed by atoms with Crippen LogP contribution in [0, 0.1) is 0 Å². The van der Waals surface area contributed by atoms with E-state index < -0.39 is 17.6 Å². The van der Waals surface area contributed by atoms with Crippen molar-refractivity contribution in [3.05, 3.63) is 71.3 Å². The molecular formula is C20H21F3N2O. The van der Waals surface area contributed by atoms with E-state index in [0.29, 0.717) is 0 Å². The van der Waals surface area contributed by atoms with Gasteiger partial charge in [0.15, 0.2) is 0 Å². The van der Waals surface area contributed by atoms with E-state index in [1.807, 2.05) is 30.3 Å². The van der Waals surface area contributed by atoms with Gasteiger partial charge in [-0.2, -0.15) is 13.2 Å². The standard InChI is InChI=1S/C20H21F3N2O/c21-20(22,23)17-11-5-4-10-16(17)19(26)24-14-18(25-12-6-7-13-25)15-8-2-1-3-9-15/h1-5,8-11,18H,6-7,12-14H2,(H,24,26). The zero-order valence-corrected chi connectivity index (χ0v) is 14.3. The van der Waals surface area contributed by atoms with Crippen molar-refractivity contribution in [3.63, 3.8) is 0 Å². The first kappa shape index (κ1) is 18.5. The van der Waals surface area contributed by atoms with Gasteiger partial charge < -0.3 is 5.32 Å². The van der Waals surface area contributed by atoms with Gasteiger partial charge in [0, 0.05) is 6.54 Å². The molecule has 1 unspecified atom stereocenters. The minimum absolute atomic E-state index is 0.0410. The molecule has 0 aliphatic carbocycles. The number of nitrogens with zero attached hydrogens (tertiary/aromatic N) is 1. The van der Waals surface area contributed by atoms with Crippen LogP contribution in [0.25, 0.3) is 0 Å². The SMILES string of the molecule is O=C(NCC(c1ccccc1)N1CCCC1)c1ccccc1C(F)(F)F. The quantitative estimate of drug-likeness (QED) is 0.861. The topological polar surface area (TPSA) is 32.3 Å². The third-order valence-corrected chi connectivity index (χ3v) is 4.70. The smallest absolute Gasteiger partial charge is 0.350 e. The zero-order valence-electron chi connectivity index (χ0n) is 14.3. The van der Waals surface area contributed by atoms with Crippen LogP contribution in [-0.2, 0) is 6.18 Å². The molecule has 26 heavy (non-hydrogen) atoms. The van der Waals surface area contributed by atoms with Gasteiger partial charge in [0.25, 0.3) is 5.91 Å². The van der Waals surface area contributed by atoms with Crippen molar-refractivity contribution in [1.29, 1.82) is 0 Å². The second-order valence-electron chi connectivity index (χ2n) is 6.42. The predicted molar refractivity (Wildman–Crippen MR) is 93.8 cm³/mol. The molecule has 1 atom stereocenters. The summed E-state index contributed by atoms with van der Waals surface area (Å²) in [5, 5.41) is 2.71. The third kappa shape index (κ3) is 4.25. The number of carbonyl (C=O) groups excluding carboxylic acids is 1. The Morgan fingerprint density at radius 3 is 2.27 bits per heavy atom. The van der Waals surface area contributed by atoms with Crippen LogP contribution in [0.1, 0.15) is 40.4 Å². The fourth-order valence-corrected chi connectivity index (χ4v) is 3.40. The van der Waals surface area contributed by atoms with E-state index in [1.165, 1.54) is 18.2 Å². The number of rotatable bonds is 5. The molecule has 1 saturated heterocycles. The number of amides is 1. The van der Waals surface area contributed by atoms with Gasteiger partial charge in [-0.3, -0.25) is 9.69 Å². The average molecular weight is 362 g/mol. The van der Waals surface area contributed by atoms with Gasteiger partial charge in [0.2, 0.25) is 0 Å². The minimum atomic E-state index is -4.55. The molecule has 3 rings (SSSR count). The van der Waals surface area contributed by atoms with Crippen molar-refractivity contribution < 1.29 is 18.0 Å². The number of carbonyl (C=O) groups is 1. The molecule has 0 radical (unpaired) electrons. The molecular weight excluding hydrogens is 341 g/mol. The molecule has 1 aliphatic rings. The van der Waals surface area contributed by atoms with Gasteiger partial charge >= 0.3 is 6.18 Å². The fraction of sp³-hybridized carbons (Fsp3) is 0.350. The summed E-state index contributed by atoms with van der Waals surface area (Å²) in [5.74, 6) is -0.696. The summed E-state index contributed by atoms with van der Waals surface area (Å²) >= 11 is 0. The van der Waals surface area contributed by atoms with E-state index in [9.17, 15) is 18.0 Å². The first-order valence-corrected chi connectivity index (χ1v) is 8.70. The Morgan fingerprint density at radius 2 is 1.62 bits per heavy atom. The van der Waals surface area contributed by atoms with Crippen LogP contribution in [0.5, 0.6) is 0 Å². The zero-order chi connectivity index (χ0) is 18.6. The van der Waals surface area contributed by atoms with Crippen LogP contribution in [-0.4, -0.2) is 30.4 Å². The molecule has 3 nitrogen and oxygen atoms in total. The van der Waals surface area contributed by atoms with E-state index in [0.717, 1.165) is 37.6 Å². The van der Waals surface area contributed by atoms with Crippen molar-refractivity contribution >= 4 is 5.91 Å². The van der Waals surface area contributed by atoms with Gasteiger partial charge in [0.05, 0.1) is 17.2 Å². The molecule has 138 valence electrons. The van der Waals surface area contributed by atoms with Crippen molar-refractivity contribution in [1.82, 2.24) is 10.2 Å². The Kier molecular flexibility index (Phi) is 5.61. The molecule has 6 heteroatoms. The molecule has 0 aromatic heterocycles. The third-order valence-electron chi connectivity index (χ3n) is 4.70. The van der Waals surface area contributed by atoms with E-state index in [-0.39, 0.29) is 18.2 Å². The highest BCUT2D eigenvalue weighted by atomic mass is 19.4. The molecule has 0 spiro atoms. The Morgan fingerprint density at radius 1 is 1.00 bits per heavy atom. The van der Waals surface area contributed by atoms with Gasteiger partial charge in [-0.25, -0.2) is 0 Å². The lowest BCUT2D eigenvalue weighted by atomic mass is 10.0. The maximum absolute atomic E-state index is 13.1. The van der Waals surface area contributed by atoms with Gasteiger partial charge in [0.1, 0.15) is 0 Å². The van der Waals surface area contributed by atoms with Crippen molar-refractivity contribution in [3.8, 4) is 0 Å². The molecule has 1 heterocycles. The van der Waals surface area contributed by atoms with E-state index in [2.05, 4.69) is 10.2 Å². The number of likely N-dealkylation sites (tertiary alicyclic amines) is 1. The van der Waals surface area contributed by atoms with Crippen LogP contribution in [0.4, 0.5) is 13.2 Å². The molecule has 0 bridgehead atoms. The first-order chi connectivity index (χ1) is 12.5. The number of nitrogens with one attached hydrogen (secondary N) is 1. The fourth-order valence-electron chi connectivity index (χ4n) is 3.40. The Balaban J connectivity index is 1.76. The molecule has 1 fully saturated rings. The van der Waals surface area contributed by atoms with Crippen LogP contribution < -0.4 is 5.32 Å². The van der Waals surface area contributed by atoms with Crippen LogP contribution in [0.2, 0.25) is 0 Å². The minimum Gasteiger partial charge on any atom is -0.350 e. The number of hydrogen-bond donors (Lipinski definition) is 1. The summed E-state index contributed by atoms with van der Waals surface area (Å²) in [6.07, 6.45) is -2.37. The molecule has 1 amide bonds. The molecule has 2 aromatic carbocycles. The predicted octanol–water partition coefficient (Wildman–Crippen LogP) is 4.27.